The van der Waals surface area contributed by atoms with Crippen molar-refractivity contribution < 1.29 is 9.53 Å². The molecule has 19 heavy (non-hydrogen) atoms. The molecule has 1 aromatic carbocycles. The standard InChI is InChI=1S/C15H18ClNO2/c1-19-15(18)13-4-2-3-5-14(13)17-10-11-6-8-12(16)9-7-11/h2-3,6-9,13-14,17H,4-5,10H2,1H3/t13-,14+/m1/s1. The fourth-order valence-electron chi connectivity index (χ4n) is 2.30. The molecule has 1 aliphatic rings. The maximum atomic E-state index is 11.7. The molecule has 0 aliphatic heterocycles. The minimum atomic E-state index is -0.141. The van der Waals surface area contributed by atoms with Crippen LogP contribution in [0.3, 0.4) is 0 Å². The predicted octanol–water partition coefficient (Wildman–Crippen LogP) is 2.94. The molecule has 0 heterocycles. The number of esters is 1. The Bertz CT molecular complexity index is 456. The van der Waals surface area contributed by atoms with E-state index in [0.717, 1.165) is 30.0 Å². The Kier molecular flexibility index (Phi) is 5.00. The summed E-state index contributed by atoms with van der Waals surface area (Å²) in [5, 5.41) is 4.16. The van der Waals surface area contributed by atoms with Crippen molar-refractivity contribution in [2.75, 3.05) is 7.11 Å². The smallest absolute Gasteiger partial charge is 0.310 e. The summed E-state index contributed by atoms with van der Waals surface area (Å²) in [5.41, 5.74) is 1.16. The first-order valence-corrected chi connectivity index (χ1v) is 6.79. The summed E-state index contributed by atoms with van der Waals surface area (Å²) in [6.45, 7) is 0.725. The van der Waals surface area contributed by atoms with E-state index in [-0.39, 0.29) is 17.9 Å². The molecular formula is C15H18ClNO2. The number of carbonyl (C=O) groups excluding carboxylic acids is 1. The molecule has 0 radical (unpaired) electrons. The topological polar surface area (TPSA) is 38.3 Å². The zero-order chi connectivity index (χ0) is 13.7. The van der Waals surface area contributed by atoms with Crippen LogP contribution in [0.15, 0.2) is 36.4 Å². The van der Waals surface area contributed by atoms with E-state index in [1.807, 2.05) is 30.3 Å². The van der Waals surface area contributed by atoms with E-state index >= 15 is 0 Å². The van der Waals surface area contributed by atoms with Gasteiger partial charge < -0.3 is 10.1 Å². The number of ether oxygens (including phenoxy) is 1. The van der Waals surface area contributed by atoms with Crippen LogP contribution >= 0.6 is 11.6 Å². The highest BCUT2D eigenvalue weighted by molar-refractivity contribution is 6.30. The largest absolute Gasteiger partial charge is 0.469 e. The summed E-state index contributed by atoms with van der Waals surface area (Å²) in [4.78, 5) is 11.7. The lowest BCUT2D eigenvalue weighted by atomic mass is 9.89. The third-order valence-corrected chi connectivity index (χ3v) is 3.67. The Morgan fingerprint density at radius 3 is 2.68 bits per heavy atom. The van der Waals surface area contributed by atoms with Crippen molar-refractivity contribution in [2.45, 2.75) is 25.4 Å². The molecular weight excluding hydrogens is 262 g/mol. The summed E-state index contributed by atoms with van der Waals surface area (Å²) in [6.07, 6.45) is 5.75. The molecule has 3 nitrogen and oxygen atoms in total. The van der Waals surface area contributed by atoms with Crippen molar-refractivity contribution in [2.24, 2.45) is 5.92 Å². The zero-order valence-electron chi connectivity index (χ0n) is 10.9. The van der Waals surface area contributed by atoms with Gasteiger partial charge in [-0.1, -0.05) is 35.9 Å². The van der Waals surface area contributed by atoms with Crippen LogP contribution in [0.4, 0.5) is 0 Å². The minimum Gasteiger partial charge on any atom is -0.469 e. The van der Waals surface area contributed by atoms with E-state index in [1.54, 1.807) is 0 Å². The van der Waals surface area contributed by atoms with Crippen LogP contribution in [0.25, 0.3) is 0 Å². The number of allylic oxidation sites excluding steroid dienone is 1. The van der Waals surface area contributed by atoms with Crippen LogP contribution in [0, 0.1) is 5.92 Å². The van der Waals surface area contributed by atoms with E-state index < -0.39 is 0 Å². The summed E-state index contributed by atoms with van der Waals surface area (Å²) < 4.78 is 4.86. The highest BCUT2D eigenvalue weighted by Crippen LogP contribution is 2.21. The molecule has 0 aromatic heterocycles. The lowest BCUT2D eigenvalue weighted by Gasteiger charge is -2.27. The average Bonchev–Trinajstić information content (AvgIpc) is 2.46. The molecule has 0 spiro atoms. The summed E-state index contributed by atoms with van der Waals surface area (Å²) in [7, 11) is 1.44. The van der Waals surface area contributed by atoms with E-state index in [9.17, 15) is 4.79 Å². The maximum absolute atomic E-state index is 11.7. The van der Waals surface area contributed by atoms with Crippen molar-refractivity contribution in [1.29, 1.82) is 0 Å². The van der Waals surface area contributed by atoms with Crippen molar-refractivity contribution in [3.05, 3.63) is 47.0 Å². The molecule has 0 fully saturated rings. The Morgan fingerprint density at radius 1 is 1.32 bits per heavy atom. The Balaban J connectivity index is 1.95. The van der Waals surface area contributed by atoms with Gasteiger partial charge in [-0.05, 0) is 30.5 Å². The first-order chi connectivity index (χ1) is 9.20. The van der Waals surface area contributed by atoms with Crippen LogP contribution in [-0.4, -0.2) is 19.1 Å². The molecule has 1 N–H and O–H groups in total. The number of nitrogens with one attached hydrogen (secondary N) is 1. The molecule has 0 unspecified atom stereocenters. The van der Waals surface area contributed by atoms with E-state index in [0.29, 0.717) is 0 Å². The summed E-state index contributed by atoms with van der Waals surface area (Å²) in [5.74, 6) is -0.236. The molecule has 2 rings (SSSR count). The maximum Gasteiger partial charge on any atom is 0.310 e. The van der Waals surface area contributed by atoms with E-state index in [2.05, 4.69) is 11.4 Å². The van der Waals surface area contributed by atoms with E-state index in [1.165, 1.54) is 7.11 Å². The number of carbonyl (C=O) groups is 1. The second-order valence-corrected chi connectivity index (χ2v) is 5.12. The lowest BCUT2D eigenvalue weighted by molar-refractivity contribution is -0.146. The summed E-state index contributed by atoms with van der Waals surface area (Å²) in [6, 6.07) is 7.85. The zero-order valence-corrected chi connectivity index (χ0v) is 11.7. The first-order valence-electron chi connectivity index (χ1n) is 6.41. The van der Waals surface area contributed by atoms with Gasteiger partial charge in [-0.15, -0.1) is 0 Å². The van der Waals surface area contributed by atoms with Gasteiger partial charge >= 0.3 is 5.97 Å². The first kappa shape index (κ1) is 14.1. The fraction of sp³-hybridized carbons (Fsp3) is 0.400. The Morgan fingerprint density at radius 2 is 2.00 bits per heavy atom. The molecule has 1 aromatic rings. The van der Waals surface area contributed by atoms with Gasteiger partial charge in [0.15, 0.2) is 0 Å². The SMILES string of the molecule is COC(=O)[C@@H]1CC=CC[C@@H]1NCc1ccc(Cl)cc1. The second-order valence-electron chi connectivity index (χ2n) is 4.69. The predicted molar refractivity (Wildman–Crippen MR) is 76.0 cm³/mol. The van der Waals surface area contributed by atoms with Crippen LogP contribution in [0.1, 0.15) is 18.4 Å². The third-order valence-electron chi connectivity index (χ3n) is 3.42. The Labute approximate surface area is 118 Å². The Hall–Kier alpha value is -1.32. The lowest BCUT2D eigenvalue weighted by Crippen LogP contribution is -2.41. The number of halogens is 1. The van der Waals surface area contributed by atoms with Gasteiger partial charge in [0.1, 0.15) is 0 Å². The molecule has 4 heteroatoms. The third kappa shape index (κ3) is 3.82. The van der Waals surface area contributed by atoms with E-state index in [4.69, 9.17) is 16.3 Å². The van der Waals surface area contributed by atoms with Gasteiger partial charge in [0.25, 0.3) is 0 Å². The van der Waals surface area contributed by atoms with Crippen molar-refractivity contribution in [1.82, 2.24) is 5.32 Å². The molecule has 0 saturated heterocycles. The fourth-order valence-corrected chi connectivity index (χ4v) is 2.43. The molecule has 0 bridgehead atoms. The van der Waals surface area contributed by atoms with Crippen molar-refractivity contribution in [3.63, 3.8) is 0 Å². The number of rotatable bonds is 4. The quantitative estimate of drug-likeness (QED) is 0.680. The number of benzene rings is 1. The molecule has 0 amide bonds. The van der Waals surface area contributed by atoms with Crippen LogP contribution in [0.5, 0.6) is 0 Å². The van der Waals surface area contributed by atoms with Gasteiger partial charge in [0.2, 0.25) is 0 Å². The number of methoxy groups -OCH3 is 1. The minimum absolute atomic E-state index is 0.0951. The molecule has 2 atom stereocenters. The van der Waals surface area contributed by atoms with Crippen molar-refractivity contribution in [3.8, 4) is 0 Å². The summed E-state index contributed by atoms with van der Waals surface area (Å²) >= 11 is 5.85. The highest BCUT2D eigenvalue weighted by atomic mass is 35.5. The van der Waals surface area contributed by atoms with Crippen molar-refractivity contribution >= 4 is 17.6 Å². The van der Waals surface area contributed by atoms with Gasteiger partial charge in [0.05, 0.1) is 13.0 Å². The van der Waals surface area contributed by atoms with Gasteiger partial charge in [-0.2, -0.15) is 0 Å². The molecule has 0 saturated carbocycles. The molecule has 1 aliphatic carbocycles. The number of hydrogen-bond donors (Lipinski definition) is 1. The normalized spacial score (nSPS) is 22.2. The van der Waals surface area contributed by atoms with Crippen LogP contribution in [0.2, 0.25) is 5.02 Å². The van der Waals surface area contributed by atoms with Gasteiger partial charge in [-0.25, -0.2) is 0 Å². The molecule has 102 valence electrons. The monoisotopic (exact) mass is 279 g/mol. The van der Waals surface area contributed by atoms with Gasteiger partial charge in [-0.3, -0.25) is 4.79 Å². The average molecular weight is 280 g/mol. The van der Waals surface area contributed by atoms with Crippen LogP contribution < -0.4 is 5.32 Å². The van der Waals surface area contributed by atoms with Crippen LogP contribution in [-0.2, 0) is 16.1 Å². The highest BCUT2D eigenvalue weighted by Gasteiger charge is 2.29. The number of hydrogen-bond acceptors (Lipinski definition) is 3. The second kappa shape index (κ2) is 6.73. The van der Waals surface area contributed by atoms with Gasteiger partial charge in [0, 0.05) is 17.6 Å².